The third kappa shape index (κ3) is 3.32. The lowest BCUT2D eigenvalue weighted by Gasteiger charge is -2.34. The summed E-state index contributed by atoms with van der Waals surface area (Å²) in [5, 5.41) is 14.1. The minimum atomic E-state index is -0.298. The Kier molecular flexibility index (Phi) is 5.57. The van der Waals surface area contributed by atoms with Gasteiger partial charge < -0.3 is 20.3 Å². The van der Waals surface area contributed by atoms with Crippen molar-refractivity contribution in [3.8, 4) is 0 Å². The van der Waals surface area contributed by atoms with Crippen LogP contribution in [0.1, 0.15) is 45.2 Å². The van der Waals surface area contributed by atoms with Crippen LogP contribution in [-0.4, -0.2) is 41.7 Å². The Morgan fingerprint density at radius 3 is 2.75 bits per heavy atom. The molecule has 152 valence electrons. The van der Waals surface area contributed by atoms with Gasteiger partial charge in [0.25, 0.3) is 0 Å². The molecule has 3 rings (SSSR count). The van der Waals surface area contributed by atoms with Gasteiger partial charge in [-0.3, -0.25) is 4.79 Å². The van der Waals surface area contributed by atoms with Crippen molar-refractivity contribution in [3.63, 3.8) is 0 Å². The number of aliphatic hydroxyl groups is 1. The van der Waals surface area contributed by atoms with E-state index in [4.69, 9.17) is 0 Å². The molecule has 2 aromatic rings. The van der Waals surface area contributed by atoms with Gasteiger partial charge in [0.15, 0.2) is 0 Å². The SMILES string of the molecule is C=CC(C)(C)c1ccc2c3c(c[nH]c13)C[C@@H](CO)NC(=O)[C@H]([C@H](C)CC)N2C. The predicted molar refractivity (Wildman–Crippen MR) is 116 cm³/mol. The van der Waals surface area contributed by atoms with Crippen LogP contribution in [0.2, 0.25) is 0 Å². The van der Waals surface area contributed by atoms with Gasteiger partial charge in [-0.25, -0.2) is 0 Å². The first-order chi connectivity index (χ1) is 13.2. The van der Waals surface area contributed by atoms with E-state index in [0.29, 0.717) is 6.42 Å². The first kappa shape index (κ1) is 20.5. The lowest BCUT2D eigenvalue weighted by atomic mass is 9.83. The number of benzene rings is 1. The predicted octanol–water partition coefficient (Wildman–Crippen LogP) is 3.52. The van der Waals surface area contributed by atoms with Crippen molar-refractivity contribution in [1.82, 2.24) is 10.3 Å². The third-order valence-electron chi connectivity index (χ3n) is 6.38. The second kappa shape index (κ2) is 7.63. The normalized spacial score (nSPS) is 21.6. The lowest BCUT2D eigenvalue weighted by molar-refractivity contribution is -0.124. The van der Waals surface area contributed by atoms with Crippen LogP contribution in [0.4, 0.5) is 5.69 Å². The number of H-pyrrole nitrogens is 1. The first-order valence-electron chi connectivity index (χ1n) is 10.2. The molecule has 0 radical (unpaired) electrons. The highest BCUT2D eigenvalue weighted by Gasteiger charge is 2.34. The van der Waals surface area contributed by atoms with Crippen LogP contribution in [0.25, 0.3) is 10.9 Å². The van der Waals surface area contributed by atoms with E-state index in [2.05, 4.69) is 61.6 Å². The molecule has 5 heteroatoms. The molecule has 1 aliphatic rings. The molecule has 0 saturated heterocycles. The van der Waals surface area contributed by atoms with Crippen molar-refractivity contribution in [2.75, 3.05) is 18.6 Å². The molecule has 3 atom stereocenters. The van der Waals surface area contributed by atoms with Gasteiger partial charge in [0.2, 0.25) is 5.91 Å². The summed E-state index contributed by atoms with van der Waals surface area (Å²) in [5.41, 5.74) is 4.24. The molecule has 0 bridgehead atoms. The second-order valence-corrected chi connectivity index (χ2v) is 8.66. The summed E-state index contributed by atoms with van der Waals surface area (Å²) in [6.07, 6.45) is 5.47. The minimum absolute atomic E-state index is 0.0197. The van der Waals surface area contributed by atoms with Crippen LogP contribution in [0.3, 0.4) is 0 Å². The molecule has 28 heavy (non-hydrogen) atoms. The Hall–Kier alpha value is -2.27. The number of hydrogen-bond donors (Lipinski definition) is 3. The molecule has 2 heterocycles. The Labute approximate surface area is 167 Å². The summed E-state index contributed by atoms with van der Waals surface area (Å²) >= 11 is 0. The average molecular weight is 384 g/mol. The number of rotatable bonds is 5. The zero-order chi connectivity index (χ0) is 20.6. The van der Waals surface area contributed by atoms with Gasteiger partial charge in [0.05, 0.1) is 18.2 Å². The number of carbonyl (C=O) groups excluding carboxylic acids is 1. The summed E-state index contributed by atoms with van der Waals surface area (Å²) in [6, 6.07) is 3.68. The van der Waals surface area contributed by atoms with Gasteiger partial charge in [0, 0.05) is 29.7 Å². The maximum absolute atomic E-state index is 13.1. The van der Waals surface area contributed by atoms with Crippen molar-refractivity contribution in [2.24, 2.45) is 5.92 Å². The molecule has 1 aromatic carbocycles. The van der Waals surface area contributed by atoms with Gasteiger partial charge in [-0.05, 0) is 29.5 Å². The Morgan fingerprint density at radius 1 is 1.43 bits per heavy atom. The van der Waals surface area contributed by atoms with E-state index in [1.807, 2.05) is 19.3 Å². The van der Waals surface area contributed by atoms with E-state index in [-0.39, 0.29) is 35.9 Å². The molecular formula is C23H33N3O2. The van der Waals surface area contributed by atoms with Gasteiger partial charge in [-0.2, -0.15) is 0 Å². The molecule has 1 amide bonds. The Bertz CT molecular complexity index is 883. The topological polar surface area (TPSA) is 68.4 Å². The van der Waals surface area contributed by atoms with Crippen LogP contribution >= 0.6 is 0 Å². The molecule has 0 aliphatic carbocycles. The summed E-state index contributed by atoms with van der Waals surface area (Å²) < 4.78 is 0. The van der Waals surface area contributed by atoms with Crippen LogP contribution < -0.4 is 10.2 Å². The van der Waals surface area contributed by atoms with E-state index in [1.54, 1.807) is 0 Å². The number of carbonyl (C=O) groups is 1. The van der Waals surface area contributed by atoms with Gasteiger partial charge in [-0.1, -0.05) is 46.3 Å². The molecule has 0 spiro atoms. The standard InChI is InChI=1S/C23H33N3O2/c1-7-14(3)21-22(28)25-16(13-27)11-15-12-24-20-17(23(4,5)8-2)9-10-18(19(15)20)26(21)6/h8-10,12,14,16,21,24,27H,2,7,11,13H2,1,3-6H3,(H,25,28)/t14-,16+,21+/m1/s1. The van der Waals surface area contributed by atoms with Gasteiger partial charge in [-0.15, -0.1) is 6.58 Å². The fourth-order valence-corrected chi connectivity index (χ4v) is 4.30. The molecule has 0 saturated carbocycles. The van der Waals surface area contributed by atoms with Crippen LogP contribution in [0, 0.1) is 5.92 Å². The van der Waals surface area contributed by atoms with Gasteiger partial charge >= 0.3 is 0 Å². The maximum Gasteiger partial charge on any atom is 0.243 e. The van der Waals surface area contributed by atoms with Crippen molar-refractivity contribution < 1.29 is 9.90 Å². The van der Waals surface area contributed by atoms with Gasteiger partial charge in [0.1, 0.15) is 6.04 Å². The Balaban J connectivity index is 2.28. The number of anilines is 1. The smallest absolute Gasteiger partial charge is 0.243 e. The number of aromatic amines is 1. The number of allylic oxidation sites excluding steroid dienone is 1. The second-order valence-electron chi connectivity index (χ2n) is 8.66. The lowest BCUT2D eigenvalue weighted by Crippen LogP contribution is -2.52. The highest BCUT2D eigenvalue weighted by atomic mass is 16.3. The molecule has 1 aliphatic heterocycles. The van der Waals surface area contributed by atoms with Crippen molar-refractivity contribution >= 4 is 22.5 Å². The van der Waals surface area contributed by atoms with E-state index in [9.17, 15) is 9.90 Å². The van der Waals surface area contributed by atoms with Crippen LogP contribution in [0.5, 0.6) is 0 Å². The molecule has 0 fully saturated rings. The molecular weight excluding hydrogens is 350 g/mol. The monoisotopic (exact) mass is 383 g/mol. The fourth-order valence-electron chi connectivity index (χ4n) is 4.30. The number of amides is 1. The highest BCUT2D eigenvalue weighted by Crippen LogP contribution is 2.39. The number of aromatic nitrogens is 1. The summed E-state index contributed by atoms with van der Waals surface area (Å²) in [5.74, 6) is 0.165. The average Bonchev–Trinajstić information content (AvgIpc) is 3.10. The number of hydrogen-bond acceptors (Lipinski definition) is 3. The minimum Gasteiger partial charge on any atom is -0.394 e. The van der Waals surface area contributed by atoms with E-state index < -0.39 is 0 Å². The van der Waals surface area contributed by atoms with Crippen LogP contribution in [-0.2, 0) is 16.6 Å². The molecule has 0 unspecified atom stereocenters. The van der Waals surface area contributed by atoms with Crippen LogP contribution in [0.15, 0.2) is 31.0 Å². The largest absolute Gasteiger partial charge is 0.394 e. The quantitative estimate of drug-likeness (QED) is 0.692. The van der Waals surface area contributed by atoms with Crippen molar-refractivity contribution in [1.29, 1.82) is 0 Å². The summed E-state index contributed by atoms with van der Waals surface area (Å²) in [4.78, 5) is 18.7. The van der Waals surface area contributed by atoms with Crippen molar-refractivity contribution in [2.45, 2.75) is 58.0 Å². The number of likely N-dealkylation sites (N-methyl/N-ethyl adjacent to an activating group) is 1. The fraction of sp³-hybridized carbons (Fsp3) is 0.522. The number of nitrogens with zero attached hydrogens (tertiary/aromatic N) is 1. The zero-order valence-corrected chi connectivity index (χ0v) is 17.7. The summed E-state index contributed by atoms with van der Waals surface area (Å²) in [6.45, 7) is 12.5. The molecule has 5 nitrogen and oxygen atoms in total. The molecule has 1 aromatic heterocycles. The van der Waals surface area contributed by atoms with E-state index >= 15 is 0 Å². The number of aliphatic hydroxyl groups excluding tert-OH is 1. The van der Waals surface area contributed by atoms with Crippen molar-refractivity contribution in [3.05, 3.63) is 42.1 Å². The third-order valence-corrected chi connectivity index (χ3v) is 6.38. The number of nitrogens with one attached hydrogen (secondary N) is 2. The Morgan fingerprint density at radius 2 is 2.14 bits per heavy atom. The summed E-state index contributed by atoms with van der Waals surface area (Å²) in [7, 11) is 2.00. The first-order valence-corrected chi connectivity index (χ1v) is 10.2. The highest BCUT2D eigenvalue weighted by molar-refractivity contribution is 6.00. The molecule has 3 N–H and O–H groups in total. The van der Waals surface area contributed by atoms with E-state index in [0.717, 1.165) is 28.6 Å². The zero-order valence-electron chi connectivity index (χ0n) is 17.7. The maximum atomic E-state index is 13.1. The van der Waals surface area contributed by atoms with E-state index in [1.165, 1.54) is 5.56 Å².